The summed E-state index contributed by atoms with van der Waals surface area (Å²) in [5.41, 5.74) is 7.93. The zero-order valence-corrected chi connectivity index (χ0v) is 39.6. The van der Waals surface area contributed by atoms with Gasteiger partial charge in [-0.3, -0.25) is 0 Å². The SMILES string of the molecule is C[C@]12CC[C@@H]3c4ccc(OCc5ccccc5)cc4CC[C@H]3[C@@H]1CCC2O[C@H]1O[C@H](COCc2ccccc2)[C@@H](OCc2ccccc2)[C@H](OCc2ccccc2)[C@H]1NC(=O)OCc1ccccc1. The Hall–Kier alpha value is -5.81. The zero-order valence-electron chi connectivity index (χ0n) is 39.6. The molecule has 6 aromatic rings. The molecule has 10 atom stereocenters. The molecule has 1 saturated heterocycles. The molecule has 10 rings (SSSR count). The van der Waals surface area contributed by atoms with Crippen LogP contribution in [-0.4, -0.2) is 49.4 Å². The van der Waals surface area contributed by atoms with Gasteiger partial charge in [0.1, 0.15) is 43.3 Å². The molecule has 3 fully saturated rings. The van der Waals surface area contributed by atoms with Gasteiger partial charge in [-0.1, -0.05) is 165 Å². The predicted molar refractivity (Wildman–Crippen MR) is 265 cm³/mol. The van der Waals surface area contributed by atoms with E-state index in [9.17, 15) is 4.79 Å². The van der Waals surface area contributed by atoms with Crippen molar-refractivity contribution in [2.45, 2.75) is 121 Å². The van der Waals surface area contributed by atoms with Gasteiger partial charge in [-0.15, -0.1) is 0 Å². The summed E-state index contributed by atoms with van der Waals surface area (Å²) in [6, 6.07) is 56.4. The van der Waals surface area contributed by atoms with Crippen molar-refractivity contribution in [3.63, 3.8) is 0 Å². The molecule has 0 aromatic heterocycles. The first kappa shape index (κ1) is 46.9. The van der Waals surface area contributed by atoms with Gasteiger partial charge in [-0.2, -0.15) is 0 Å². The van der Waals surface area contributed by atoms with Crippen molar-refractivity contribution in [1.82, 2.24) is 5.32 Å². The average molecular weight is 928 g/mol. The minimum absolute atomic E-state index is 0.0977. The summed E-state index contributed by atoms with van der Waals surface area (Å²) in [5, 5.41) is 3.23. The lowest BCUT2D eigenvalue weighted by atomic mass is 9.55. The van der Waals surface area contributed by atoms with Gasteiger partial charge in [0.25, 0.3) is 0 Å². The lowest BCUT2D eigenvalue weighted by molar-refractivity contribution is -0.307. The van der Waals surface area contributed by atoms with Crippen LogP contribution in [0.2, 0.25) is 0 Å². The highest BCUT2D eigenvalue weighted by molar-refractivity contribution is 5.67. The number of amides is 1. The molecule has 0 spiro atoms. The molecule has 9 heteroatoms. The summed E-state index contributed by atoms with van der Waals surface area (Å²) in [7, 11) is 0. The molecule has 358 valence electrons. The highest BCUT2D eigenvalue weighted by Crippen LogP contribution is 2.62. The molecule has 0 bridgehead atoms. The third kappa shape index (κ3) is 11.3. The molecule has 4 aliphatic rings. The van der Waals surface area contributed by atoms with Crippen molar-refractivity contribution in [1.29, 1.82) is 0 Å². The Bertz CT molecular complexity index is 2530. The molecule has 1 N–H and O–H groups in total. The van der Waals surface area contributed by atoms with Crippen molar-refractivity contribution in [3.05, 3.63) is 209 Å². The first-order valence-corrected chi connectivity index (χ1v) is 25.0. The van der Waals surface area contributed by atoms with Gasteiger partial charge in [-0.05, 0) is 113 Å². The molecule has 3 aliphatic carbocycles. The van der Waals surface area contributed by atoms with Crippen LogP contribution in [0.1, 0.15) is 83.9 Å². The highest BCUT2D eigenvalue weighted by Gasteiger charge is 2.58. The van der Waals surface area contributed by atoms with Crippen LogP contribution in [0.5, 0.6) is 5.75 Å². The van der Waals surface area contributed by atoms with Crippen LogP contribution in [0, 0.1) is 17.3 Å². The maximum Gasteiger partial charge on any atom is 0.407 e. The van der Waals surface area contributed by atoms with Crippen molar-refractivity contribution >= 4 is 6.09 Å². The number of ether oxygens (including phenoxy) is 7. The zero-order chi connectivity index (χ0) is 46.8. The van der Waals surface area contributed by atoms with E-state index >= 15 is 0 Å². The molecule has 69 heavy (non-hydrogen) atoms. The molecule has 9 nitrogen and oxygen atoms in total. The van der Waals surface area contributed by atoms with Crippen molar-refractivity contribution in [2.24, 2.45) is 17.3 Å². The Balaban J connectivity index is 0.921. The van der Waals surface area contributed by atoms with E-state index in [2.05, 4.69) is 66.8 Å². The third-order valence-electron chi connectivity index (χ3n) is 15.3. The number of hydrogen-bond donors (Lipinski definition) is 1. The van der Waals surface area contributed by atoms with E-state index in [0.717, 1.165) is 66.5 Å². The topological polar surface area (TPSA) is 93.7 Å². The first-order chi connectivity index (χ1) is 34.0. The van der Waals surface area contributed by atoms with Crippen molar-refractivity contribution in [3.8, 4) is 5.75 Å². The third-order valence-corrected chi connectivity index (χ3v) is 15.3. The Morgan fingerprint density at radius 3 is 1.81 bits per heavy atom. The molecule has 1 aliphatic heterocycles. The van der Waals surface area contributed by atoms with Crippen LogP contribution in [-0.2, 0) is 67.9 Å². The smallest absolute Gasteiger partial charge is 0.407 e. The second-order valence-electron chi connectivity index (χ2n) is 19.6. The Morgan fingerprint density at radius 2 is 1.19 bits per heavy atom. The molecule has 1 amide bonds. The van der Waals surface area contributed by atoms with E-state index in [4.69, 9.17) is 33.2 Å². The number of nitrogens with one attached hydrogen (secondary N) is 1. The van der Waals surface area contributed by atoms with Crippen LogP contribution in [0.4, 0.5) is 4.79 Å². The van der Waals surface area contributed by atoms with Crippen molar-refractivity contribution < 1.29 is 38.0 Å². The molecular formula is C60H65NO8. The number of carbonyl (C=O) groups is 1. The van der Waals surface area contributed by atoms with Crippen LogP contribution < -0.4 is 10.1 Å². The van der Waals surface area contributed by atoms with Gasteiger partial charge in [0.15, 0.2) is 6.29 Å². The van der Waals surface area contributed by atoms with Crippen molar-refractivity contribution in [2.75, 3.05) is 6.61 Å². The molecule has 1 heterocycles. The van der Waals surface area contributed by atoms with Gasteiger partial charge in [0, 0.05) is 0 Å². The van der Waals surface area contributed by atoms with Gasteiger partial charge < -0.3 is 38.5 Å². The summed E-state index contributed by atoms with van der Waals surface area (Å²) < 4.78 is 47.1. The maximum atomic E-state index is 14.1. The number of carbonyl (C=O) groups excluding carboxylic acids is 1. The maximum absolute atomic E-state index is 14.1. The Kier molecular flexibility index (Phi) is 15.2. The minimum atomic E-state index is -0.892. The molecule has 1 unspecified atom stereocenters. The van der Waals surface area contributed by atoms with Gasteiger partial charge in [0.05, 0.1) is 32.5 Å². The summed E-state index contributed by atoms with van der Waals surface area (Å²) in [4.78, 5) is 14.1. The molecule has 2 saturated carbocycles. The van der Waals surface area contributed by atoms with Crippen LogP contribution in [0.15, 0.2) is 170 Å². The molecule has 0 radical (unpaired) electrons. The van der Waals surface area contributed by atoms with Crippen LogP contribution >= 0.6 is 0 Å². The second kappa shape index (κ2) is 22.3. The van der Waals surface area contributed by atoms with E-state index in [0.29, 0.717) is 37.6 Å². The number of rotatable bonds is 18. The number of alkyl carbamates (subject to hydrolysis) is 1. The Morgan fingerprint density at radius 1 is 0.623 bits per heavy atom. The Labute approximate surface area is 407 Å². The molecule has 6 aromatic carbocycles. The van der Waals surface area contributed by atoms with Crippen LogP contribution in [0.3, 0.4) is 0 Å². The lowest BCUT2D eigenvalue weighted by Gasteiger charge is -2.52. The largest absolute Gasteiger partial charge is 0.489 e. The summed E-state index contributed by atoms with van der Waals surface area (Å²) >= 11 is 0. The van der Waals surface area contributed by atoms with E-state index < -0.39 is 36.7 Å². The number of aryl methyl sites for hydroxylation is 1. The number of fused-ring (bicyclic) bond motifs is 5. The van der Waals surface area contributed by atoms with E-state index in [1.165, 1.54) is 16.7 Å². The number of benzene rings is 6. The van der Waals surface area contributed by atoms with E-state index in [1.54, 1.807) is 0 Å². The fourth-order valence-corrected chi connectivity index (χ4v) is 11.7. The lowest BCUT2D eigenvalue weighted by Crippen LogP contribution is -2.67. The summed E-state index contributed by atoms with van der Waals surface area (Å²) in [6.07, 6.45) is 2.70. The minimum Gasteiger partial charge on any atom is -0.489 e. The van der Waals surface area contributed by atoms with Gasteiger partial charge in [0.2, 0.25) is 0 Å². The van der Waals surface area contributed by atoms with Gasteiger partial charge >= 0.3 is 6.09 Å². The number of hydrogen-bond acceptors (Lipinski definition) is 8. The monoisotopic (exact) mass is 927 g/mol. The predicted octanol–water partition coefficient (Wildman–Crippen LogP) is 11.9. The first-order valence-electron chi connectivity index (χ1n) is 25.0. The standard InChI is InChI=1S/C60H65NO8/c1-60-34-33-50-49-30-28-48(64-37-43-19-9-3-10-20-43)35-47(49)27-29-51(50)52(60)31-32-54(60)69-58-55(61-59(62)67-40-46-25-15-6-16-26-46)57(66-39-45-23-13-5-14-24-45)56(65-38-44-21-11-4-12-22-44)53(68-58)41-63-36-42-17-7-2-8-18-42/h2-26,28,30,35,50-58H,27,29,31-34,36-41H2,1H3,(H,61,62)/t50-,51-,52+,53-,54?,55-,56-,57-,58-,60+/m1/s1. The normalized spacial score (nSPS) is 27.1. The summed E-state index contributed by atoms with van der Waals surface area (Å²) in [5.74, 6) is 2.46. The van der Waals surface area contributed by atoms with E-state index in [1.807, 2.05) is 115 Å². The quantitative estimate of drug-likeness (QED) is 0.0911. The fraction of sp³-hybridized carbons (Fsp3) is 0.383. The van der Waals surface area contributed by atoms with E-state index in [-0.39, 0.29) is 31.3 Å². The van der Waals surface area contributed by atoms with Crippen LogP contribution in [0.25, 0.3) is 0 Å². The summed E-state index contributed by atoms with van der Waals surface area (Å²) in [6.45, 7) is 4.33. The highest BCUT2D eigenvalue weighted by atomic mass is 16.7. The fourth-order valence-electron chi connectivity index (χ4n) is 11.7. The second-order valence-corrected chi connectivity index (χ2v) is 19.6. The molecular weight excluding hydrogens is 863 g/mol. The average Bonchev–Trinajstić information content (AvgIpc) is 3.73. The van der Waals surface area contributed by atoms with Gasteiger partial charge in [-0.25, -0.2) is 4.79 Å².